The van der Waals surface area contributed by atoms with E-state index in [-0.39, 0.29) is 32.2 Å². The molecule has 0 saturated carbocycles. The molecule has 0 radical (unpaired) electrons. The Labute approximate surface area is 516 Å². The number of anilines is 3. The Bertz CT molecular complexity index is 4280. The summed E-state index contributed by atoms with van der Waals surface area (Å²) in [7, 11) is -10.4. The molecule has 0 bridgehead atoms. The second-order valence-electron chi connectivity index (χ2n) is 20.4. The van der Waals surface area contributed by atoms with Crippen molar-refractivity contribution in [2.75, 3.05) is 21.3 Å². The van der Waals surface area contributed by atoms with Gasteiger partial charge in [0.05, 0.1) is 33.6 Å². The van der Waals surface area contributed by atoms with Crippen molar-refractivity contribution in [3.05, 3.63) is 280 Å². The predicted octanol–water partition coefficient (Wildman–Crippen LogP) is 13.5. The van der Waals surface area contributed by atoms with Crippen LogP contribution in [-0.4, -0.2) is 65.6 Å². The highest BCUT2D eigenvalue weighted by atomic mass is 32.2. The van der Waals surface area contributed by atoms with Crippen LogP contribution in [0.25, 0.3) is 0 Å². The summed E-state index contributed by atoms with van der Waals surface area (Å²) in [6.45, 7) is 2.13. The molecule has 9 rings (SSSR count). The summed E-state index contributed by atoms with van der Waals surface area (Å²) in [4.78, 5) is 32.6. The van der Waals surface area contributed by atoms with Crippen molar-refractivity contribution in [3.63, 3.8) is 0 Å². The maximum absolute atomic E-state index is 13.8. The van der Waals surface area contributed by atoms with E-state index in [2.05, 4.69) is 21.1 Å². The van der Waals surface area contributed by atoms with Gasteiger partial charge in [0.15, 0.2) is 4.90 Å². The number of sulfonamides is 3. The van der Waals surface area contributed by atoms with Crippen LogP contribution in [0.2, 0.25) is 0 Å². The number of rotatable bonds is 25. The van der Waals surface area contributed by atoms with Gasteiger partial charge in [-0.3, -0.25) is 14.2 Å². The van der Waals surface area contributed by atoms with Gasteiger partial charge in [0.25, 0.3) is 30.1 Å². The summed E-state index contributed by atoms with van der Waals surface area (Å²) in [5.74, 6) is -4.80. The van der Waals surface area contributed by atoms with Gasteiger partial charge in [-0.2, -0.15) is 0 Å². The summed E-state index contributed by atoms with van der Waals surface area (Å²) in [5.41, 5.74) is 8.33. The van der Waals surface area contributed by atoms with Gasteiger partial charge in [0, 0.05) is 23.1 Å². The number of carbonyl (C=O) groups is 3. The molecule has 0 amide bonds. The summed E-state index contributed by atoms with van der Waals surface area (Å²) < 4.78 is 116. The lowest BCUT2D eigenvalue weighted by Gasteiger charge is -2.11. The van der Waals surface area contributed by atoms with E-state index in [0.29, 0.717) is 55.6 Å². The highest BCUT2D eigenvalue weighted by Gasteiger charge is 2.24. The molecule has 16 nitrogen and oxygen atoms in total. The molecule has 0 aliphatic rings. The minimum Gasteiger partial charge on any atom is -0.497 e. The van der Waals surface area contributed by atoms with Crippen molar-refractivity contribution >= 4 is 65.0 Å². The predicted molar refractivity (Wildman–Crippen MR) is 339 cm³/mol. The molecule has 0 aliphatic heterocycles. The first kappa shape index (κ1) is 66.8. The molecule has 89 heavy (non-hydrogen) atoms. The van der Waals surface area contributed by atoms with E-state index >= 15 is 0 Å². The first-order valence-corrected chi connectivity index (χ1v) is 32.4. The van der Waals surface area contributed by atoms with Crippen LogP contribution in [0.4, 0.5) is 25.8 Å². The normalized spacial score (nSPS) is 11.2. The number of hydrogen-bond acceptors (Lipinski definition) is 10. The van der Waals surface area contributed by atoms with Gasteiger partial charge in [0.2, 0.25) is 0 Å². The van der Waals surface area contributed by atoms with Gasteiger partial charge >= 0.3 is 17.9 Å². The first-order valence-electron chi connectivity index (χ1n) is 28.0. The first-order chi connectivity index (χ1) is 42.5. The number of carboxylic acids is 3. The monoisotopic (exact) mass is 1270 g/mol. The SMILES string of the molecule is CCCCc1ccc(S(=O)(=O)Nc2cccc(CCc3cccc(C(=O)O)c3)c2)cc1.COc1cccc(S(=O)(=O)Nc2cccc(CCc3cccc(C(=O)O)c3)c2)c1.O=C(O)c1cccc(CCc2cccc(NS(=O)(=O)c3c(F)cccc3F)c2)c1. The van der Waals surface area contributed by atoms with Crippen LogP contribution in [-0.2, 0) is 75.0 Å². The topological polar surface area (TPSA) is 260 Å². The number of hydrogen-bond donors (Lipinski definition) is 6. The molecule has 462 valence electrons. The van der Waals surface area contributed by atoms with Crippen molar-refractivity contribution in [2.45, 2.75) is 79.4 Å². The Hall–Kier alpha value is -9.70. The largest absolute Gasteiger partial charge is 0.497 e. The molecule has 0 aliphatic carbocycles. The molecule has 0 saturated heterocycles. The van der Waals surface area contributed by atoms with Crippen LogP contribution in [0.5, 0.6) is 5.75 Å². The smallest absolute Gasteiger partial charge is 0.335 e. The third-order valence-electron chi connectivity index (χ3n) is 13.8. The summed E-state index contributed by atoms with van der Waals surface area (Å²) in [5, 5.41) is 27.3. The van der Waals surface area contributed by atoms with Crippen molar-refractivity contribution in [1.29, 1.82) is 0 Å². The third kappa shape index (κ3) is 20.2. The van der Waals surface area contributed by atoms with Gasteiger partial charge < -0.3 is 20.1 Å². The van der Waals surface area contributed by atoms with Gasteiger partial charge in [0.1, 0.15) is 17.4 Å². The van der Waals surface area contributed by atoms with E-state index in [1.54, 1.807) is 121 Å². The Kier molecular flexibility index (Phi) is 23.5. The van der Waals surface area contributed by atoms with Crippen LogP contribution in [0, 0.1) is 11.6 Å². The number of benzene rings is 9. The zero-order chi connectivity index (χ0) is 64.1. The molecule has 0 unspecified atom stereocenters. The van der Waals surface area contributed by atoms with E-state index in [4.69, 9.17) is 20.1 Å². The third-order valence-corrected chi connectivity index (χ3v) is 18.0. The highest BCUT2D eigenvalue weighted by molar-refractivity contribution is 7.93. The highest BCUT2D eigenvalue weighted by Crippen LogP contribution is 2.26. The van der Waals surface area contributed by atoms with E-state index in [1.165, 1.54) is 31.4 Å². The lowest BCUT2D eigenvalue weighted by Crippen LogP contribution is -2.16. The van der Waals surface area contributed by atoms with Gasteiger partial charge in [-0.1, -0.05) is 110 Å². The number of ether oxygens (including phenoxy) is 1. The number of carboxylic acid groups (broad SMARTS) is 3. The minimum atomic E-state index is -4.44. The quantitative estimate of drug-likeness (QED) is 0.0311. The molecular formula is C68H65F2N3O13S3. The fourth-order valence-electron chi connectivity index (χ4n) is 9.17. The zero-order valence-corrected chi connectivity index (χ0v) is 50.9. The summed E-state index contributed by atoms with van der Waals surface area (Å²) >= 11 is 0. The molecule has 0 atom stereocenters. The van der Waals surface area contributed by atoms with E-state index in [1.807, 2.05) is 48.5 Å². The second-order valence-corrected chi connectivity index (χ2v) is 25.4. The number of methoxy groups -OCH3 is 1. The molecule has 6 N–H and O–H groups in total. The molecule has 9 aromatic rings. The molecule has 0 heterocycles. The fraction of sp³-hybridized carbons (Fsp3) is 0.162. The zero-order valence-electron chi connectivity index (χ0n) is 48.5. The number of aromatic carboxylic acids is 3. The molecule has 0 fully saturated rings. The Morgan fingerprint density at radius 3 is 1.09 bits per heavy atom. The number of unbranched alkanes of at least 4 members (excludes halogenated alkanes) is 1. The number of aryl methyl sites for hydroxylation is 7. The summed E-state index contributed by atoms with van der Waals surface area (Å²) in [6.07, 6.45) is 6.82. The van der Waals surface area contributed by atoms with Crippen LogP contribution in [0.1, 0.15) is 89.8 Å². The van der Waals surface area contributed by atoms with Crippen molar-refractivity contribution in [1.82, 2.24) is 0 Å². The fourth-order valence-corrected chi connectivity index (χ4v) is 12.5. The van der Waals surface area contributed by atoms with E-state index in [0.717, 1.165) is 76.4 Å². The van der Waals surface area contributed by atoms with E-state index < -0.39 is 64.5 Å². The molecule has 9 aromatic carbocycles. The minimum absolute atomic E-state index is 0.118. The number of nitrogens with one attached hydrogen (secondary N) is 3. The van der Waals surface area contributed by atoms with Gasteiger partial charge in [-0.05, 0) is 200 Å². The Balaban J connectivity index is 0.000000190. The standard InChI is InChI=1S/C25H27NO4S.C22H21NO5S.C21H17F2NO4S/c1-2-3-6-19-13-15-24(16-14-19)31(29,30)26-23-10-5-8-21(18-23)12-11-20-7-4-9-22(17-20)25(27)28;1-28-20-9-4-10-21(15-20)29(26,27)23-19-8-3-6-17(14-19)12-11-16-5-2-7-18(13-16)22(24)25;22-18-8-3-9-19(23)20(18)29(27,28)24-17-7-2-5-15(13-17)11-10-14-4-1-6-16(12-14)21(25)26/h4-5,7-10,13-18,26H,2-3,6,11-12H2,1H3,(H,27,28);2-10,13-15,23H,11-12H2,1H3,(H,24,25);1-9,12-13,24H,10-11H2,(H,25,26). The van der Waals surface area contributed by atoms with Crippen molar-refractivity contribution in [3.8, 4) is 5.75 Å². The van der Waals surface area contributed by atoms with Crippen LogP contribution in [0.15, 0.2) is 227 Å². The van der Waals surface area contributed by atoms with Crippen molar-refractivity contribution < 1.29 is 68.5 Å². The molecule has 0 aromatic heterocycles. The van der Waals surface area contributed by atoms with Crippen molar-refractivity contribution in [2.24, 2.45) is 0 Å². The lowest BCUT2D eigenvalue weighted by molar-refractivity contribution is 0.0686. The maximum atomic E-state index is 13.8. The lowest BCUT2D eigenvalue weighted by atomic mass is 10.0. The summed E-state index contributed by atoms with van der Waals surface area (Å²) in [6, 6.07) is 57.2. The average Bonchev–Trinajstić information content (AvgIpc) is 2.27. The second kappa shape index (κ2) is 31.3. The van der Waals surface area contributed by atoms with Crippen LogP contribution < -0.4 is 18.9 Å². The molecule has 0 spiro atoms. The average molecular weight is 1270 g/mol. The van der Waals surface area contributed by atoms with Gasteiger partial charge in [-0.25, -0.2) is 48.4 Å². The van der Waals surface area contributed by atoms with Crippen LogP contribution >= 0.6 is 0 Å². The Morgan fingerprint density at radius 2 is 0.719 bits per heavy atom. The number of halogens is 2. The van der Waals surface area contributed by atoms with Crippen LogP contribution in [0.3, 0.4) is 0 Å². The molecule has 21 heteroatoms. The molecular weight excluding hydrogens is 1200 g/mol. The van der Waals surface area contributed by atoms with Gasteiger partial charge in [-0.15, -0.1) is 0 Å². The maximum Gasteiger partial charge on any atom is 0.335 e. The Morgan fingerprint density at radius 1 is 0.382 bits per heavy atom. The van der Waals surface area contributed by atoms with E-state index in [9.17, 15) is 48.4 Å².